The number of hydrogen-bond acceptors (Lipinski definition) is 3. The summed E-state index contributed by atoms with van der Waals surface area (Å²) in [6.45, 7) is 6.90. The molecule has 6 heteroatoms. The van der Waals surface area contributed by atoms with Crippen LogP contribution in [0.25, 0.3) is 0 Å². The average molecular weight is 320 g/mol. The van der Waals surface area contributed by atoms with Crippen LogP contribution in [0.15, 0.2) is 23.7 Å². The number of rotatable bonds is 7. The van der Waals surface area contributed by atoms with Crippen molar-refractivity contribution in [1.29, 1.82) is 0 Å². The first kappa shape index (κ1) is 16.5. The number of nitrogens with one attached hydrogen (secondary N) is 3. The summed E-state index contributed by atoms with van der Waals surface area (Å²) in [4.78, 5) is 13.2. The smallest absolute Gasteiger partial charge is 0.315 e. The van der Waals surface area contributed by atoms with Gasteiger partial charge in [0, 0.05) is 17.1 Å². The number of carbonyl (C=O) groups is 1. The number of nitrogens with zero attached hydrogens (tertiary/aromatic N) is 1. The Morgan fingerprint density at radius 1 is 1.45 bits per heavy atom. The molecule has 0 aromatic carbocycles. The predicted octanol–water partition coefficient (Wildman–Crippen LogP) is 3.41. The third kappa shape index (κ3) is 4.59. The lowest BCUT2D eigenvalue weighted by molar-refractivity contribution is 0.233. The summed E-state index contributed by atoms with van der Waals surface area (Å²) in [6.07, 6.45) is 3.67. The third-order valence-electron chi connectivity index (χ3n) is 3.65. The minimum Gasteiger partial charge on any atom is -0.338 e. The van der Waals surface area contributed by atoms with Crippen molar-refractivity contribution in [2.24, 2.45) is 5.92 Å². The number of carbonyl (C=O) groups excluding carboxylic acids is 1. The van der Waals surface area contributed by atoms with E-state index in [0.717, 1.165) is 18.5 Å². The van der Waals surface area contributed by atoms with Gasteiger partial charge < -0.3 is 10.6 Å². The maximum atomic E-state index is 12.0. The summed E-state index contributed by atoms with van der Waals surface area (Å²) in [6, 6.07) is 4.05. The van der Waals surface area contributed by atoms with Gasteiger partial charge in [0.05, 0.1) is 12.2 Å². The molecule has 2 amide bonds. The second-order valence-electron chi connectivity index (χ2n) is 5.76. The van der Waals surface area contributed by atoms with E-state index in [1.54, 1.807) is 11.3 Å². The first-order chi connectivity index (χ1) is 10.6. The van der Waals surface area contributed by atoms with Gasteiger partial charge in [0.2, 0.25) is 0 Å². The van der Waals surface area contributed by atoms with Gasteiger partial charge in [-0.05, 0) is 42.7 Å². The van der Waals surface area contributed by atoms with Crippen LogP contribution in [0, 0.1) is 12.8 Å². The summed E-state index contributed by atoms with van der Waals surface area (Å²) in [5.74, 6) is 0.359. The van der Waals surface area contributed by atoms with Crippen molar-refractivity contribution < 1.29 is 4.79 Å². The Kier molecular flexibility index (Phi) is 6.00. The Morgan fingerprint density at radius 2 is 2.27 bits per heavy atom. The predicted molar refractivity (Wildman–Crippen MR) is 90.1 cm³/mol. The molecule has 3 N–H and O–H groups in total. The van der Waals surface area contributed by atoms with Crippen LogP contribution in [0.2, 0.25) is 0 Å². The second-order valence-corrected chi connectivity index (χ2v) is 6.74. The molecular weight excluding hydrogens is 296 g/mol. The molecule has 0 aliphatic carbocycles. The van der Waals surface area contributed by atoms with E-state index in [2.05, 4.69) is 40.7 Å². The topological polar surface area (TPSA) is 69.8 Å². The summed E-state index contributed by atoms with van der Waals surface area (Å²) < 4.78 is 0. The second kappa shape index (κ2) is 7.98. The molecule has 2 aromatic rings. The fraction of sp³-hybridized carbons (Fsp3) is 0.500. The number of thiophene rings is 1. The van der Waals surface area contributed by atoms with Crippen molar-refractivity contribution in [1.82, 2.24) is 20.8 Å². The van der Waals surface area contributed by atoms with Gasteiger partial charge in [-0.15, -0.1) is 11.3 Å². The van der Waals surface area contributed by atoms with E-state index in [-0.39, 0.29) is 12.1 Å². The standard InChI is InChI=1S/C16H24N4OS/c1-11(2)15(14-7-5-9-22-14)19-16(21)17-8-4-6-13-10-18-20-12(13)3/h5,7,9-11,15H,4,6,8H2,1-3H3,(H,18,20)(H2,17,19,21). The van der Waals surface area contributed by atoms with E-state index in [0.29, 0.717) is 12.5 Å². The van der Waals surface area contributed by atoms with Crippen LogP contribution in [-0.2, 0) is 6.42 Å². The maximum absolute atomic E-state index is 12.0. The summed E-state index contributed by atoms with van der Waals surface area (Å²) in [5.41, 5.74) is 2.31. The first-order valence-electron chi connectivity index (χ1n) is 7.64. The summed E-state index contributed by atoms with van der Waals surface area (Å²) in [7, 11) is 0. The van der Waals surface area contributed by atoms with Gasteiger partial charge in [-0.1, -0.05) is 19.9 Å². The molecule has 2 aromatic heterocycles. The van der Waals surface area contributed by atoms with E-state index in [1.807, 2.05) is 24.6 Å². The molecule has 0 spiro atoms. The molecule has 1 atom stereocenters. The van der Waals surface area contributed by atoms with Gasteiger partial charge in [0.1, 0.15) is 0 Å². The van der Waals surface area contributed by atoms with E-state index < -0.39 is 0 Å². The van der Waals surface area contributed by atoms with Crippen LogP contribution in [0.5, 0.6) is 0 Å². The van der Waals surface area contributed by atoms with Crippen molar-refractivity contribution in [3.05, 3.63) is 39.8 Å². The molecule has 0 aliphatic heterocycles. The van der Waals surface area contributed by atoms with Crippen LogP contribution in [0.4, 0.5) is 4.79 Å². The number of aromatic nitrogens is 2. The van der Waals surface area contributed by atoms with Crippen molar-refractivity contribution >= 4 is 17.4 Å². The lowest BCUT2D eigenvalue weighted by Crippen LogP contribution is -2.39. The molecule has 5 nitrogen and oxygen atoms in total. The quantitative estimate of drug-likeness (QED) is 0.684. The fourth-order valence-electron chi connectivity index (χ4n) is 2.34. The molecule has 0 radical (unpaired) electrons. The average Bonchev–Trinajstić information content (AvgIpc) is 3.12. The normalized spacial score (nSPS) is 12.4. The Morgan fingerprint density at radius 3 is 2.86 bits per heavy atom. The van der Waals surface area contributed by atoms with Crippen molar-refractivity contribution in [3.63, 3.8) is 0 Å². The molecule has 0 saturated carbocycles. The molecule has 120 valence electrons. The Balaban J connectivity index is 1.74. The molecular formula is C16H24N4OS. The van der Waals surface area contributed by atoms with Gasteiger partial charge in [-0.2, -0.15) is 5.10 Å². The van der Waals surface area contributed by atoms with Gasteiger partial charge in [0.25, 0.3) is 0 Å². The number of hydrogen-bond donors (Lipinski definition) is 3. The highest BCUT2D eigenvalue weighted by Gasteiger charge is 2.18. The van der Waals surface area contributed by atoms with Crippen LogP contribution in [-0.4, -0.2) is 22.8 Å². The molecule has 22 heavy (non-hydrogen) atoms. The molecule has 0 aliphatic rings. The molecule has 0 fully saturated rings. The number of aromatic amines is 1. The number of urea groups is 1. The lowest BCUT2D eigenvalue weighted by Gasteiger charge is -2.21. The SMILES string of the molecule is Cc1[nH]ncc1CCCNC(=O)NC(c1cccs1)C(C)C. The van der Waals surface area contributed by atoms with Crippen LogP contribution in [0.1, 0.15) is 42.4 Å². The molecule has 2 rings (SSSR count). The Hall–Kier alpha value is -1.82. The molecule has 2 heterocycles. The first-order valence-corrected chi connectivity index (χ1v) is 8.52. The number of H-pyrrole nitrogens is 1. The van der Waals surface area contributed by atoms with Gasteiger partial charge in [0.15, 0.2) is 0 Å². The molecule has 0 saturated heterocycles. The zero-order valence-electron chi connectivity index (χ0n) is 13.3. The monoisotopic (exact) mass is 320 g/mol. The van der Waals surface area contributed by atoms with Crippen molar-refractivity contribution in [2.75, 3.05) is 6.54 Å². The minimum absolute atomic E-state index is 0.0659. The highest BCUT2D eigenvalue weighted by molar-refractivity contribution is 7.10. The van der Waals surface area contributed by atoms with Crippen molar-refractivity contribution in [3.8, 4) is 0 Å². The zero-order valence-corrected chi connectivity index (χ0v) is 14.2. The third-order valence-corrected chi connectivity index (χ3v) is 4.60. The van der Waals surface area contributed by atoms with Crippen LogP contribution >= 0.6 is 11.3 Å². The Labute approximate surface area is 135 Å². The van der Waals surface area contributed by atoms with Crippen LogP contribution < -0.4 is 10.6 Å². The minimum atomic E-state index is -0.101. The number of aryl methyl sites for hydroxylation is 2. The van der Waals surface area contributed by atoms with Gasteiger partial charge in [-0.25, -0.2) is 4.79 Å². The van der Waals surface area contributed by atoms with Gasteiger partial charge in [-0.3, -0.25) is 5.10 Å². The van der Waals surface area contributed by atoms with Gasteiger partial charge >= 0.3 is 6.03 Å². The van der Waals surface area contributed by atoms with Crippen molar-refractivity contribution in [2.45, 2.75) is 39.7 Å². The Bertz CT molecular complexity index is 577. The highest BCUT2D eigenvalue weighted by atomic mass is 32.1. The largest absolute Gasteiger partial charge is 0.338 e. The van der Waals surface area contributed by atoms with Crippen LogP contribution in [0.3, 0.4) is 0 Å². The number of amides is 2. The maximum Gasteiger partial charge on any atom is 0.315 e. The fourth-order valence-corrected chi connectivity index (χ4v) is 3.28. The van der Waals surface area contributed by atoms with E-state index in [1.165, 1.54) is 10.4 Å². The highest BCUT2D eigenvalue weighted by Crippen LogP contribution is 2.25. The summed E-state index contributed by atoms with van der Waals surface area (Å²) in [5, 5.41) is 15.0. The van der Waals surface area contributed by atoms with E-state index in [4.69, 9.17) is 0 Å². The van der Waals surface area contributed by atoms with E-state index in [9.17, 15) is 4.79 Å². The lowest BCUT2D eigenvalue weighted by atomic mass is 10.0. The molecule has 0 bridgehead atoms. The van der Waals surface area contributed by atoms with E-state index >= 15 is 0 Å². The zero-order chi connectivity index (χ0) is 15.9. The molecule has 1 unspecified atom stereocenters. The summed E-state index contributed by atoms with van der Waals surface area (Å²) >= 11 is 1.68.